The molecule has 1 nitrogen and oxygen atoms in total. The summed E-state index contributed by atoms with van der Waals surface area (Å²) in [7, 11) is 0. The number of rotatable bonds is 0. The van der Waals surface area contributed by atoms with E-state index >= 15 is 0 Å². The Balaban J connectivity index is 0.000000461. The molecule has 0 heterocycles. The minimum atomic E-state index is 0.376. The van der Waals surface area contributed by atoms with Crippen molar-refractivity contribution in [1.29, 1.82) is 5.26 Å². The zero-order valence-electron chi connectivity index (χ0n) is 7.93. The molecule has 0 bridgehead atoms. The van der Waals surface area contributed by atoms with Crippen molar-refractivity contribution in [3.8, 4) is 6.07 Å². The summed E-state index contributed by atoms with van der Waals surface area (Å²) in [6.07, 6.45) is 4.80. The van der Waals surface area contributed by atoms with Crippen molar-refractivity contribution < 1.29 is 0 Å². The van der Waals surface area contributed by atoms with Crippen LogP contribution in [0.25, 0.3) is 0 Å². The molecule has 0 aromatic heterocycles. The first kappa shape index (κ1) is 10.5. The number of hydrogen-bond donors (Lipinski definition) is 0. The number of hydrogen-bond acceptors (Lipinski definition) is 1. The van der Waals surface area contributed by atoms with E-state index in [-0.39, 0.29) is 0 Å². The Morgan fingerprint density at radius 1 is 1.09 bits per heavy atom. The average Bonchev–Trinajstić information content (AvgIpc) is 2.10. The standard InChI is InChI=1S/C8H13N.C2H6/c1-7-2-4-8(6-9)5-3-7;1-2/h7-8H,2-5H2,1H3;1-2H3. The highest BCUT2D eigenvalue weighted by Gasteiger charge is 2.16. The Bertz CT molecular complexity index is 115. The molecular weight excluding hydrogens is 134 g/mol. The first-order valence-corrected chi connectivity index (χ1v) is 4.72. The molecule has 0 radical (unpaired) electrons. The highest BCUT2D eigenvalue weighted by atomic mass is 14.3. The second-order valence-corrected chi connectivity index (χ2v) is 3.09. The highest BCUT2D eigenvalue weighted by Crippen LogP contribution is 2.27. The van der Waals surface area contributed by atoms with Gasteiger partial charge in [-0.15, -0.1) is 0 Å². The van der Waals surface area contributed by atoms with Gasteiger partial charge in [-0.3, -0.25) is 0 Å². The fourth-order valence-corrected chi connectivity index (χ4v) is 1.39. The first-order valence-electron chi connectivity index (χ1n) is 4.72. The van der Waals surface area contributed by atoms with Crippen molar-refractivity contribution in [3.05, 3.63) is 0 Å². The van der Waals surface area contributed by atoms with Crippen LogP contribution in [-0.4, -0.2) is 0 Å². The minimum absolute atomic E-state index is 0.376. The molecule has 0 unspecified atom stereocenters. The van der Waals surface area contributed by atoms with Gasteiger partial charge in [-0.05, 0) is 31.6 Å². The monoisotopic (exact) mass is 153 g/mol. The van der Waals surface area contributed by atoms with E-state index in [0.29, 0.717) is 5.92 Å². The average molecular weight is 153 g/mol. The van der Waals surface area contributed by atoms with Gasteiger partial charge in [0.2, 0.25) is 0 Å². The van der Waals surface area contributed by atoms with Crippen LogP contribution in [0.15, 0.2) is 0 Å². The molecule has 0 spiro atoms. The first-order chi connectivity index (χ1) is 5.33. The highest BCUT2D eigenvalue weighted by molar-refractivity contribution is 4.85. The van der Waals surface area contributed by atoms with Gasteiger partial charge in [0.25, 0.3) is 0 Å². The molecule has 1 fully saturated rings. The predicted octanol–water partition coefficient (Wildman–Crippen LogP) is 3.36. The lowest BCUT2D eigenvalue weighted by molar-refractivity contribution is 0.336. The lowest BCUT2D eigenvalue weighted by atomic mass is 9.84. The Kier molecular flexibility index (Phi) is 5.93. The van der Waals surface area contributed by atoms with E-state index in [4.69, 9.17) is 5.26 Å². The molecule has 64 valence electrons. The molecule has 0 aliphatic heterocycles. The molecule has 0 amide bonds. The molecule has 1 rings (SSSR count). The summed E-state index contributed by atoms with van der Waals surface area (Å²) in [4.78, 5) is 0. The SMILES string of the molecule is CC.CC1CCC(C#N)CC1. The normalized spacial score (nSPS) is 29.6. The summed E-state index contributed by atoms with van der Waals surface area (Å²) in [6, 6.07) is 2.32. The van der Waals surface area contributed by atoms with Crippen LogP contribution >= 0.6 is 0 Å². The summed E-state index contributed by atoms with van der Waals surface area (Å²) >= 11 is 0. The van der Waals surface area contributed by atoms with Gasteiger partial charge < -0.3 is 0 Å². The van der Waals surface area contributed by atoms with Crippen LogP contribution in [0.2, 0.25) is 0 Å². The van der Waals surface area contributed by atoms with Crippen molar-refractivity contribution in [2.75, 3.05) is 0 Å². The van der Waals surface area contributed by atoms with E-state index in [9.17, 15) is 0 Å². The second kappa shape index (κ2) is 6.22. The molecule has 1 aliphatic carbocycles. The van der Waals surface area contributed by atoms with Crippen LogP contribution in [0.5, 0.6) is 0 Å². The van der Waals surface area contributed by atoms with Crippen molar-refractivity contribution in [2.24, 2.45) is 11.8 Å². The maximum absolute atomic E-state index is 8.53. The van der Waals surface area contributed by atoms with E-state index in [2.05, 4.69) is 13.0 Å². The maximum atomic E-state index is 8.53. The Labute approximate surface area is 70.4 Å². The smallest absolute Gasteiger partial charge is 0.0655 e. The van der Waals surface area contributed by atoms with E-state index in [1.165, 1.54) is 12.8 Å². The van der Waals surface area contributed by atoms with Crippen LogP contribution in [0.4, 0.5) is 0 Å². The molecule has 1 saturated carbocycles. The van der Waals surface area contributed by atoms with E-state index in [0.717, 1.165) is 18.8 Å². The predicted molar refractivity (Wildman–Crippen MR) is 48.1 cm³/mol. The van der Waals surface area contributed by atoms with Gasteiger partial charge in [0.05, 0.1) is 6.07 Å². The van der Waals surface area contributed by atoms with Crippen LogP contribution in [0.1, 0.15) is 46.5 Å². The molecule has 0 aromatic carbocycles. The van der Waals surface area contributed by atoms with Gasteiger partial charge in [0.1, 0.15) is 0 Å². The van der Waals surface area contributed by atoms with Crippen molar-refractivity contribution in [3.63, 3.8) is 0 Å². The van der Waals surface area contributed by atoms with E-state index in [1.807, 2.05) is 13.8 Å². The van der Waals surface area contributed by atoms with Crippen molar-refractivity contribution >= 4 is 0 Å². The van der Waals surface area contributed by atoms with Crippen molar-refractivity contribution in [2.45, 2.75) is 46.5 Å². The summed E-state index contributed by atoms with van der Waals surface area (Å²) in [6.45, 7) is 6.27. The summed E-state index contributed by atoms with van der Waals surface area (Å²) in [5.41, 5.74) is 0. The lowest BCUT2D eigenvalue weighted by Gasteiger charge is -2.20. The van der Waals surface area contributed by atoms with Crippen LogP contribution < -0.4 is 0 Å². The molecule has 0 N–H and O–H groups in total. The van der Waals surface area contributed by atoms with Gasteiger partial charge in [-0.2, -0.15) is 5.26 Å². The molecule has 0 aromatic rings. The Morgan fingerprint density at radius 2 is 1.55 bits per heavy atom. The largest absolute Gasteiger partial charge is 0.198 e. The van der Waals surface area contributed by atoms with Crippen LogP contribution in [-0.2, 0) is 0 Å². The summed E-state index contributed by atoms with van der Waals surface area (Å²) in [5.74, 6) is 1.25. The van der Waals surface area contributed by atoms with Gasteiger partial charge in [-0.1, -0.05) is 20.8 Å². The second-order valence-electron chi connectivity index (χ2n) is 3.09. The number of nitrogens with zero attached hydrogens (tertiary/aromatic N) is 1. The zero-order chi connectivity index (χ0) is 8.69. The minimum Gasteiger partial charge on any atom is -0.198 e. The fourth-order valence-electron chi connectivity index (χ4n) is 1.39. The third-order valence-corrected chi connectivity index (χ3v) is 2.20. The zero-order valence-corrected chi connectivity index (χ0v) is 7.93. The van der Waals surface area contributed by atoms with Crippen LogP contribution in [0, 0.1) is 23.2 Å². The molecular formula is C10H19N. The fraction of sp³-hybridized carbons (Fsp3) is 0.900. The topological polar surface area (TPSA) is 23.8 Å². The quantitative estimate of drug-likeness (QED) is 0.523. The molecule has 0 saturated heterocycles. The summed E-state index contributed by atoms with van der Waals surface area (Å²) < 4.78 is 0. The lowest BCUT2D eigenvalue weighted by Crippen LogP contribution is -2.09. The summed E-state index contributed by atoms with van der Waals surface area (Å²) in [5, 5.41) is 8.53. The van der Waals surface area contributed by atoms with E-state index < -0.39 is 0 Å². The maximum Gasteiger partial charge on any atom is 0.0655 e. The molecule has 11 heavy (non-hydrogen) atoms. The molecule has 0 atom stereocenters. The van der Waals surface area contributed by atoms with Gasteiger partial charge in [0.15, 0.2) is 0 Å². The third-order valence-electron chi connectivity index (χ3n) is 2.20. The molecule has 1 heteroatoms. The van der Waals surface area contributed by atoms with Gasteiger partial charge in [0, 0.05) is 5.92 Å². The van der Waals surface area contributed by atoms with Crippen molar-refractivity contribution in [1.82, 2.24) is 0 Å². The van der Waals surface area contributed by atoms with E-state index in [1.54, 1.807) is 0 Å². The Morgan fingerprint density at radius 3 is 1.91 bits per heavy atom. The van der Waals surface area contributed by atoms with Crippen LogP contribution in [0.3, 0.4) is 0 Å². The van der Waals surface area contributed by atoms with Gasteiger partial charge >= 0.3 is 0 Å². The Hall–Kier alpha value is -0.510. The number of nitriles is 1. The molecule has 1 aliphatic rings. The third kappa shape index (κ3) is 4.03. The van der Waals surface area contributed by atoms with Gasteiger partial charge in [-0.25, -0.2) is 0 Å².